The number of carbonyl (C=O) groups is 1. The molecular formula is C13H11NO3. The van der Waals surface area contributed by atoms with Crippen LogP contribution < -0.4 is 4.74 Å². The molecule has 0 bridgehead atoms. The molecule has 2 aromatic rings. The summed E-state index contributed by atoms with van der Waals surface area (Å²) < 4.78 is 5.07. The van der Waals surface area contributed by atoms with E-state index in [9.17, 15) is 4.79 Å². The molecule has 4 nitrogen and oxygen atoms in total. The Morgan fingerprint density at radius 1 is 1.18 bits per heavy atom. The van der Waals surface area contributed by atoms with Crippen LogP contribution in [-0.4, -0.2) is 23.2 Å². The minimum Gasteiger partial charge on any atom is -0.496 e. The first-order valence-electron chi connectivity index (χ1n) is 5.04. The molecule has 86 valence electrons. The number of aromatic nitrogens is 1. The summed E-state index contributed by atoms with van der Waals surface area (Å²) in [7, 11) is 1.46. The monoisotopic (exact) mass is 229 g/mol. The predicted molar refractivity (Wildman–Crippen MR) is 63.2 cm³/mol. The van der Waals surface area contributed by atoms with E-state index < -0.39 is 5.97 Å². The molecule has 1 heterocycles. The highest BCUT2D eigenvalue weighted by atomic mass is 16.5. The van der Waals surface area contributed by atoms with E-state index in [4.69, 9.17) is 9.84 Å². The number of hydrogen-bond acceptors (Lipinski definition) is 3. The first-order valence-corrected chi connectivity index (χ1v) is 5.04. The minimum absolute atomic E-state index is 0.158. The Hall–Kier alpha value is -2.36. The summed E-state index contributed by atoms with van der Waals surface area (Å²) in [4.78, 5) is 14.9. The van der Waals surface area contributed by atoms with Crippen molar-refractivity contribution in [2.45, 2.75) is 0 Å². The Morgan fingerprint density at radius 3 is 2.47 bits per heavy atom. The third-order valence-electron chi connectivity index (χ3n) is 2.45. The maximum atomic E-state index is 10.9. The van der Waals surface area contributed by atoms with Crippen molar-refractivity contribution in [2.75, 3.05) is 7.11 Å². The smallest absolute Gasteiger partial charge is 0.339 e. The molecule has 0 amide bonds. The van der Waals surface area contributed by atoms with Gasteiger partial charge in [-0.15, -0.1) is 0 Å². The summed E-state index contributed by atoms with van der Waals surface area (Å²) in [6.07, 6.45) is 3.37. The highest BCUT2D eigenvalue weighted by Gasteiger charge is 2.11. The lowest BCUT2D eigenvalue weighted by Gasteiger charge is -2.07. The Balaban J connectivity index is 2.49. The van der Waals surface area contributed by atoms with Crippen molar-refractivity contribution in [3.63, 3.8) is 0 Å². The molecule has 0 unspecified atom stereocenters. The molecule has 0 aliphatic carbocycles. The van der Waals surface area contributed by atoms with Gasteiger partial charge >= 0.3 is 5.97 Å². The SMILES string of the molecule is COc1cc(-c2ccncc2)ccc1C(=O)O. The number of pyridine rings is 1. The molecule has 4 heteroatoms. The van der Waals surface area contributed by atoms with E-state index in [0.717, 1.165) is 11.1 Å². The Bertz CT molecular complexity index is 538. The van der Waals surface area contributed by atoms with Crippen LogP contribution in [0, 0.1) is 0 Å². The lowest BCUT2D eigenvalue weighted by Crippen LogP contribution is -2.00. The van der Waals surface area contributed by atoms with E-state index >= 15 is 0 Å². The normalized spacial score (nSPS) is 9.94. The Kier molecular flexibility index (Phi) is 3.05. The second-order valence-corrected chi connectivity index (χ2v) is 3.46. The van der Waals surface area contributed by atoms with Gasteiger partial charge in [0.05, 0.1) is 7.11 Å². The lowest BCUT2D eigenvalue weighted by atomic mass is 10.0. The van der Waals surface area contributed by atoms with Gasteiger partial charge in [0.2, 0.25) is 0 Å². The molecule has 0 radical (unpaired) electrons. The fraction of sp³-hybridized carbons (Fsp3) is 0.0769. The fourth-order valence-corrected chi connectivity index (χ4v) is 1.59. The number of aromatic carboxylic acids is 1. The van der Waals surface area contributed by atoms with E-state index in [1.54, 1.807) is 24.5 Å². The molecule has 0 saturated carbocycles. The highest BCUT2D eigenvalue weighted by Crippen LogP contribution is 2.26. The van der Waals surface area contributed by atoms with Gasteiger partial charge in [-0.3, -0.25) is 4.98 Å². The van der Waals surface area contributed by atoms with Crippen molar-refractivity contribution < 1.29 is 14.6 Å². The summed E-state index contributed by atoms with van der Waals surface area (Å²) in [6.45, 7) is 0. The first kappa shape index (κ1) is 11.1. The molecule has 1 aromatic heterocycles. The number of carboxylic acids is 1. The van der Waals surface area contributed by atoms with Crippen molar-refractivity contribution in [1.29, 1.82) is 0 Å². The van der Waals surface area contributed by atoms with E-state index in [1.807, 2.05) is 12.1 Å². The van der Waals surface area contributed by atoms with Crippen molar-refractivity contribution in [3.05, 3.63) is 48.3 Å². The van der Waals surface area contributed by atoms with Crippen LogP contribution in [0.4, 0.5) is 0 Å². The third-order valence-corrected chi connectivity index (χ3v) is 2.45. The van der Waals surface area contributed by atoms with Gasteiger partial charge < -0.3 is 9.84 Å². The van der Waals surface area contributed by atoms with Crippen molar-refractivity contribution in [3.8, 4) is 16.9 Å². The van der Waals surface area contributed by atoms with Crippen molar-refractivity contribution in [2.24, 2.45) is 0 Å². The number of methoxy groups -OCH3 is 1. The predicted octanol–water partition coefficient (Wildman–Crippen LogP) is 2.46. The maximum Gasteiger partial charge on any atom is 0.339 e. The van der Waals surface area contributed by atoms with E-state index in [0.29, 0.717) is 5.75 Å². The summed E-state index contributed by atoms with van der Waals surface area (Å²) >= 11 is 0. The minimum atomic E-state index is -0.997. The third kappa shape index (κ3) is 2.25. The van der Waals surface area contributed by atoms with Crippen LogP contribution in [0.5, 0.6) is 5.75 Å². The van der Waals surface area contributed by atoms with Crippen LogP contribution in [0.25, 0.3) is 11.1 Å². The molecular weight excluding hydrogens is 218 g/mol. The van der Waals surface area contributed by atoms with Gasteiger partial charge in [0.15, 0.2) is 0 Å². The second kappa shape index (κ2) is 4.65. The van der Waals surface area contributed by atoms with E-state index in [-0.39, 0.29) is 5.56 Å². The van der Waals surface area contributed by atoms with Gasteiger partial charge in [-0.2, -0.15) is 0 Å². The molecule has 1 N–H and O–H groups in total. The summed E-state index contributed by atoms with van der Waals surface area (Å²) in [5.41, 5.74) is 2.02. The molecule has 17 heavy (non-hydrogen) atoms. The Labute approximate surface area is 98.5 Å². The molecule has 0 aliphatic rings. The molecule has 0 saturated heterocycles. The number of hydrogen-bond donors (Lipinski definition) is 1. The molecule has 0 spiro atoms. The van der Waals surface area contributed by atoms with Gasteiger partial charge in [0, 0.05) is 12.4 Å². The number of carboxylic acid groups (broad SMARTS) is 1. The van der Waals surface area contributed by atoms with Crippen LogP contribution >= 0.6 is 0 Å². The number of benzene rings is 1. The zero-order valence-corrected chi connectivity index (χ0v) is 9.25. The highest BCUT2D eigenvalue weighted by molar-refractivity contribution is 5.92. The van der Waals surface area contributed by atoms with Gasteiger partial charge in [0.1, 0.15) is 11.3 Å². The number of ether oxygens (including phenoxy) is 1. The van der Waals surface area contributed by atoms with Crippen LogP contribution in [0.1, 0.15) is 10.4 Å². The maximum absolute atomic E-state index is 10.9. The first-order chi connectivity index (χ1) is 8.22. The van der Waals surface area contributed by atoms with Gasteiger partial charge in [-0.1, -0.05) is 6.07 Å². The van der Waals surface area contributed by atoms with Crippen LogP contribution in [0.2, 0.25) is 0 Å². The summed E-state index contributed by atoms with van der Waals surface area (Å²) in [5.74, 6) is -0.644. The molecule has 2 rings (SSSR count). The van der Waals surface area contributed by atoms with Crippen molar-refractivity contribution in [1.82, 2.24) is 4.98 Å². The van der Waals surface area contributed by atoms with Crippen molar-refractivity contribution >= 4 is 5.97 Å². The molecule has 1 aromatic carbocycles. The van der Waals surface area contributed by atoms with Crippen LogP contribution in [0.3, 0.4) is 0 Å². The van der Waals surface area contributed by atoms with Crippen LogP contribution in [-0.2, 0) is 0 Å². The molecule has 0 aliphatic heterocycles. The second-order valence-electron chi connectivity index (χ2n) is 3.46. The summed E-state index contributed by atoms with van der Waals surface area (Å²) in [5, 5.41) is 8.97. The van der Waals surface area contributed by atoms with Gasteiger partial charge in [-0.25, -0.2) is 4.79 Å². The molecule has 0 fully saturated rings. The van der Waals surface area contributed by atoms with Gasteiger partial charge in [-0.05, 0) is 35.4 Å². The number of nitrogens with zero attached hydrogens (tertiary/aromatic N) is 1. The van der Waals surface area contributed by atoms with E-state index in [1.165, 1.54) is 13.2 Å². The lowest BCUT2D eigenvalue weighted by molar-refractivity contribution is 0.0693. The average molecular weight is 229 g/mol. The fourth-order valence-electron chi connectivity index (χ4n) is 1.59. The van der Waals surface area contributed by atoms with Crippen LogP contribution in [0.15, 0.2) is 42.7 Å². The molecule has 0 atom stereocenters. The Morgan fingerprint density at radius 2 is 1.88 bits per heavy atom. The topological polar surface area (TPSA) is 59.4 Å². The van der Waals surface area contributed by atoms with Gasteiger partial charge in [0.25, 0.3) is 0 Å². The zero-order valence-electron chi connectivity index (χ0n) is 9.25. The quantitative estimate of drug-likeness (QED) is 0.878. The number of rotatable bonds is 3. The largest absolute Gasteiger partial charge is 0.496 e. The average Bonchev–Trinajstić information content (AvgIpc) is 2.39. The summed E-state index contributed by atoms with van der Waals surface area (Å²) in [6, 6.07) is 8.71. The van der Waals surface area contributed by atoms with E-state index in [2.05, 4.69) is 4.98 Å². The standard InChI is InChI=1S/C13H11NO3/c1-17-12-8-10(2-3-11(12)13(15)16)9-4-6-14-7-5-9/h2-8H,1H3,(H,15,16). The zero-order chi connectivity index (χ0) is 12.3.